The number of carbonyl (C=O) groups excluding carboxylic acids is 1. The third kappa shape index (κ3) is 4.60. The molecule has 35 heavy (non-hydrogen) atoms. The summed E-state index contributed by atoms with van der Waals surface area (Å²) in [6.45, 7) is 11.1. The number of amides is 1. The van der Waals surface area contributed by atoms with Crippen molar-refractivity contribution in [2.24, 2.45) is 5.92 Å². The highest BCUT2D eigenvalue weighted by atomic mass is 32.2. The lowest BCUT2D eigenvalue weighted by Gasteiger charge is -2.36. The molecule has 4 rings (SSSR count). The molecule has 0 spiro atoms. The van der Waals surface area contributed by atoms with E-state index in [1.54, 1.807) is 12.1 Å². The molecule has 0 saturated carbocycles. The summed E-state index contributed by atoms with van der Waals surface area (Å²) in [5.74, 6) is -0.0698. The summed E-state index contributed by atoms with van der Waals surface area (Å²) in [5.41, 5.74) is 2.94. The van der Waals surface area contributed by atoms with Crippen molar-refractivity contribution in [2.45, 2.75) is 51.5 Å². The zero-order valence-corrected chi connectivity index (χ0v) is 21.4. The van der Waals surface area contributed by atoms with Crippen molar-refractivity contribution in [3.8, 4) is 11.3 Å². The van der Waals surface area contributed by atoms with E-state index in [9.17, 15) is 18.0 Å². The standard InChI is InChI=1S/C26H30N4O4S/c1-16-8-9-19(15-17(16)2)21-11-10-20(23(28-21)30-14-12-18(3)26(30,4)5)24(31)29-35(33,34)22-7-6-13-27-25(22)32/h6-11,13,15,18H,12,14H2,1-5H3,(H,27,32)(H,29,31). The molecule has 1 aliphatic heterocycles. The molecule has 0 radical (unpaired) electrons. The zero-order valence-electron chi connectivity index (χ0n) is 20.5. The van der Waals surface area contributed by atoms with Gasteiger partial charge in [0.25, 0.3) is 21.5 Å². The quantitative estimate of drug-likeness (QED) is 0.558. The molecule has 2 N–H and O–H groups in total. The number of anilines is 1. The Kier molecular flexibility index (Phi) is 6.31. The summed E-state index contributed by atoms with van der Waals surface area (Å²) in [4.78, 5) is 34.1. The van der Waals surface area contributed by atoms with Crippen molar-refractivity contribution in [1.29, 1.82) is 0 Å². The van der Waals surface area contributed by atoms with Crippen LogP contribution in [-0.2, 0) is 10.0 Å². The monoisotopic (exact) mass is 494 g/mol. The van der Waals surface area contributed by atoms with Gasteiger partial charge < -0.3 is 9.88 Å². The van der Waals surface area contributed by atoms with Gasteiger partial charge in [0.1, 0.15) is 5.82 Å². The number of aromatic amines is 1. The van der Waals surface area contributed by atoms with E-state index in [4.69, 9.17) is 4.98 Å². The Bertz CT molecular complexity index is 1460. The minimum absolute atomic E-state index is 0.135. The smallest absolute Gasteiger partial charge is 0.269 e. The van der Waals surface area contributed by atoms with E-state index in [2.05, 4.69) is 35.4 Å². The van der Waals surface area contributed by atoms with Gasteiger partial charge in [0, 0.05) is 23.8 Å². The van der Waals surface area contributed by atoms with Crippen molar-refractivity contribution in [1.82, 2.24) is 14.7 Å². The van der Waals surface area contributed by atoms with Gasteiger partial charge in [-0.05, 0) is 81.5 Å². The van der Waals surface area contributed by atoms with Gasteiger partial charge in [0.15, 0.2) is 4.90 Å². The van der Waals surface area contributed by atoms with E-state index < -0.39 is 26.4 Å². The summed E-state index contributed by atoms with van der Waals surface area (Å²) in [6, 6.07) is 11.9. The molecule has 8 nitrogen and oxygen atoms in total. The largest absolute Gasteiger partial charge is 0.351 e. The van der Waals surface area contributed by atoms with E-state index in [1.165, 1.54) is 17.8 Å². The van der Waals surface area contributed by atoms with Crippen LogP contribution in [0, 0.1) is 19.8 Å². The highest BCUT2D eigenvalue weighted by molar-refractivity contribution is 7.90. The molecule has 184 valence electrons. The number of rotatable bonds is 5. The van der Waals surface area contributed by atoms with Gasteiger partial charge in [-0.3, -0.25) is 9.59 Å². The Hall–Kier alpha value is -3.46. The summed E-state index contributed by atoms with van der Waals surface area (Å²) >= 11 is 0. The Balaban J connectivity index is 1.80. The van der Waals surface area contributed by atoms with E-state index in [0.29, 0.717) is 24.0 Å². The second kappa shape index (κ2) is 8.96. The number of benzene rings is 1. The SMILES string of the molecule is Cc1ccc(-c2ccc(C(=O)NS(=O)(=O)c3ccc[nH]c3=O)c(N3CCC(C)C3(C)C)n2)cc1C. The van der Waals surface area contributed by atoms with Crippen LogP contribution in [0.3, 0.4) is 0 Å². The fourth-order valence-electron chi connectivity index (χ4n) is 4.35. The molecule has 1 aliphatic rings. The van der Waals surface area contributed by atoms with Crippen molar-refractivity contribution in [2.75, 3.05) is 11.4 Å². The van der Waals surface area contributed by atoms with Crippen LogP contribution in [-0.4, -0.2) is 36.4 Å². The Morgan fingerprint density at radius 1 is 1.14 bits per heavy atom. The van der Waals surface area contributed by atoms with Crippen LogP contribution in [0.5, 0.6) is 0 Å². The van der Waals surface area contributed by atoms with E-state index >= 15 is 0 Å². The molecule has 9 heteroatoms. The molecular formula is C26H30N4O4S. The predicted octanol–water partition coefficient (Wildman–Crippen LogP) is 3.80. The van der Waals surface area contributed by atoms with Gasteiger partial charge >= 0.3 is 0 Å². The third-order valence-corrected chi connectivity index (χ3v) is 8.52. The maximum absolute atomic E-state index is 13.3. The minimum atomic E-state index is -4.38. The van der Waals surface area contributed by atoms with Gasteiger partial charge in [-0.15, -0.1) is 0 Å². The summed E-state index contributed by atoms with van der Waals surface area (Å²) < 4.78 is 27.7. The molecule has 1 unspecified atom stereocenters. The minimum Gasteiger partial charge on any atom is -0.351 e. The molecule has 2 aromatic heterocycles. The van der Waals surface area contributed by atoms with Crippen LogP contribution < -0.4 is 15.2 Å². The number of hydrogen-bond acceptors (Lipinski definition) is 6. The van der Waals surface area contributed by atoms with Gasteiger partial charge in [0.2, 0.25) is 0 Å². The lowest BCUT2D eigenvalue weighted by molar-refractivity contribution is 0.0981. The molecule has 0 aliphatic carbocycles. The molecule has 3 aromatic rings. The summed E-state index contributed by atoms with van der Waals surface area (Å²) in [6.07, 6.45) is 2.24. The fourth-order valence-corrected chi connectivity index (χ4v) is 5.38. The highest BCUT2D eigenvalue weighted by Gasteiger charge is 2.41. The maximum Gasteiger partial charge on any atom is 0.269 e. The number of sulfonamides is 1. The lowest BCUT2D eigenvalue weighted by Crippen LogP contribution is -2.44. The number of carbonyl (C=O) groups is 1. The maximum atomic E-state index is 13.3. The molecular weight excluding hydrogens is 464 g/mol. The first-order chi connectivity index (χ1) is 16.4. The zero-order chi connectivity index (χ0) is 25.5. The Morgan fingerprint density at radius 2 is 1.89 bits per heavy atom. The average molecular weight is 495 g/mol. The van der Waals surface area contributed by atoms with Crippen LogP contribution in [0.1, 0.15) is 48.7 Å². The van der Waals surface area contributed by atoms with E-state index in [1.807, 2.05) is 32.0 Å². The lowest BCUT2D eigenvalue weighted by atomic mass is 9.90. The van der Waals surface area contributed by atoms with E-state index in [-0.39, 0.29) is 11.1 Å². The van der Waals surface area contributed by atoms with Crippen LogP contribution in [0.25, 0.3) is 11.3 Å². The van der Waals surface area contributed by atoms with Crippen molar-refractivity contribution in [3.05, 3.63) is 75.7 Å². The van der Waals surface area contributed by atoms with Crippen LogP contribution in [0.4, 0.5) is 5.82 Å². The van der Waals surface area contributed by atoms with Gasteiger partial charge in [-0.1, -0.05) is 19.1 Å². The van der Waals surface area contributed by atoms with Crippen molar-refractivity contribution >= 4 is 21.7 Å². The molecule has 1 amide bonds. The number of H-pyrrole nitrogens is 1. The average Bonchev–Trinajstić information content (AvgIpc) is 3.07. The molecule has 0 bridgehead atoms. The number of nitrogens with zero attached hydrogens (tertiary/aromatic N) is 2. The highest BCUT2D eigenvalue weighted by Crippen LogP contribution is 2.39. The number of nitrogens with one attached hydrogen (secondary N) is 2. The van der Waals surface area contributed by atoms with Crippen LogP contribution in [0.15, 0.2) is 58.4 Å². The Morgan fingerprint density at radius 3 is 2.51 bits per heavy atom. The number of pyridine rings is 2. The van der Waals surface area contributed by atoms with Gasteiger partial charge in [-0.25, -0.2) is 18.1 Å². The normalized spacial score (nSPS) is 17.4. The summed E-state index contributed by atoms with van der Waals surface area (Å²) in [5, 5.41) is 0. The van der Waals surface area contributed by atoms with E-state index in [0.717, 1.165) is 23.6 Å². The molecule has 1 atom stereocenters. The molecule has 1 saturated heterocycles. The first-order valence-corrected chi connectivity index (χ1v) is 13.0. The number of aryl methyl sites for hydroxylation is 2. The van der Waals surface area contributed by atoms with Gasteiger partial charge in [-0.2, -0.15) is 0 Å². The molecule has 1 aromatic carbocycles. The number of hydrogen-bond donors (Lipinski definition) is 2. The van der Waals surface area contributed by atoms with Crippen molar-refractivity contribution < 1.29 is 13.2 Å². The first kappa shape index (κ1) is 24.7. The van der Waals surface area contributed by atoms with Crippen LogP contribution >= 0.6 is 0 Å². The summed E-state index contributed by atoms with van der Waals surface area (Å²) in [7, 11) is -4.38. The topological polar surface area (TPSA) is 112 Å². The molecule has 3 heterocycles. The first-order valence-electron chi connectivity index (χ1n) is 11.5. The second-order valence-electron chi connectivity index (χ2n) is 9.66. The Labute approximate surface area is 205 Å². The predicted molar refractivity (Wildman–Crippen MR) is 136 cm³/mol. The second-order valence-corrected chi connectivity index (χ2v) is 11.3. The van der Waals surface area contributed by atoms with Gasteiger partial charge in [0.05, 0.1) is 11.3 Å². The third-order valence-electron chi connectivity index (χ3n) is 7.16. The molecule has 1 fully saturated rings. The van der Waals surface area contributed by atoms with Crippen LogP contribution in [0.2, 0.25) is 0 Å². The van der Waals surface area contributed by atoms with Crippen molar-refractivity contribution in [3.63, 3.8) is 0 Å². The number of aromatic nitrogens is 2. The fraction of sp³-hybridized carbons (Fsp3) is 0.346.